The highest BCUT2D eigenvalue weighted by Gasteiger charge is 2.28. The molecule has 2 amide bonds. The van der Waals surface area contributed by atoms with Crippen molar-refractivity contribution < 1.29 is 19.1 Å². The number of carbonyl (C=O) groups is 2. The standard InChI is InChI=1S/C45H49N5O5/c1-48-27-38(36-9-4-5-10-37(36)45(48)53)33-23-41(54-2)39(42(24-33)55-3)28-50-22-19-35-31(7-6-8-32(35)26-50)25-49-20-17-30(18-21-49)29-11-13-34(14-12-29)46-40-15-16-43(51)47-44(40)52/h4-14,23-24,27,30,40,46H,15-22,25-26,28H2,1-3H3,(H,47,51,52). The number of methoxy groups -OCH3 is 2. The van der Waals surface area contributed by atoms with Gasteiger partial charge in [0.15, 0.2) is 0 Å². The monoisotopic (exact) mass is 739 g/mol. The lowest BCUT2D eigenvalue weighted by molar-refractivity contribution is -0.133. The van der Waals surface area contributed by atoms with E-state index in [-0.39, 0.29) is 23.4 Å². The van der Waals surface area contributed by atoms with Crippen molar-refractivity contribution in [2.45, 2.75) is 63.7 Å². The fraction of sp³-hybridized carbons (Fsp3) is 0.356. The van der Waals surface area contributed by atoms with E-state index >= 15 is 0 Å². The van der Waals surface area contributed by atoms with Gasteiger partial charge in [0.1, 0.15) is 17.5 Å². The zero-order valence-corrected chi connectivity index (χ0v) is 31.9. The molecule has 0 radical (unpaired) electrons. The van der Waals surface area contributed by atoms with E-state index in [0.717, 1.165) is 91.2 Å². The van der Waals surface area contributed by atoms with Crippen molar-refractivity contribution in [3.8, 4) is 22.6 Å². The van der Waals surface area contributed by atoms with E-state index in [1.807, 2.05) is 30.5 Å². The highest BCUT2D eigenvalue weighted by atomic mass is 16.5. The zero-order valence-electron chi connectivity index (χ0n) is 31.9. The van der Waals surface area contributed by atoms with Crippen LogP contribution in [-0.4, -0.2) is 66.1 Å². The minimum atomic E-state index is -0.370. The first kappa shape index (κ1) is 36.5. The number of nitrogens with zero attached hydrogens (tertiary/aromatic N) is 3. The second-order valence-electron chi connectivity index (χ2n) is 15.2. The summed E-state index contributed by atoms with van der Waals surface area (Å²) in [6.45, 7) is 5.58. The Morgan fingerprint density at radius 2 is 1.51 bits per heavy atom. The molecule has 2 saturated heterocycles. The fourth-order valence-corrected chi connectivity index (χ4v) is 8.74. The van der Waals surface area contributed by atoms with Crippen molar-refractivity contribution in [3.63, 3.8) is 0 Å². The lowest BCUT2D eigenvalue weighted by Gasteiger charge is -2.35. The summed E-state index contributed by atoms with van der Waals surface area (Å²) in [6, 6.07) is 26.8. The average molecular weight is 740 g/mol. The van der Waals surface area contributed by atoms with Gasteiger partial charge >= 0.3 is 0 Å². The molecular weight excluding hydrogens is 691 g/mol. The SMILES string of the molecule is COc1cc(-c2cn(C)c(=O)c3ccccc23)cc(OC)c1CN1CCc2c(CN3CCC(c4ccc(NC5CCC(=O)NC5=O)cc4)CC3)cccc2C1. The van der Waals surface area contributed by atoms with Gasteiger partial charge in [-0.15, -0.1) is 0 Å². The number of amides is 2. The van der Waals surface area contributed by atoms with Crippen LogP contribution in [-0.2, 0) is 42.7 Å². The van der Waals surface area contributed by atoms with Crippen molar-refractivity contribution in [1.29, 1.82) is 0 Å². The van der Waals surface area contributed by atoms with Gasteiger partial charge in [-0.05, 0) is 108 Å². The first-order valence-corrected chi connectivity index (χ1v) is 19.4. The number of anilines is 1. The molecule has 0 spiro atoms. The number of benzene rings is 4. The van der Waals surface area contributed by atoms with Crippen LogP contribution in [0.3, 0.4) is 0 Å². The van der Waals surface area contributed by atoms with Gasteiger partial charge in [-0.2, -0.15) is 0 Å². The molecule has 0 aliphatic carbocycles. The predicted molar refractivity (Wildman–Crippen MR) is 215 cm³/mol. The molecule has 10 nitrogen and oxygen atoms in total. The van der Waals surface area contributed by atoms with Gasteiger partial charge in [-0.25, -0.2) is 0 Å². The molecule has 5 aromatic rings. The van der Waals surface area contributed by atoms with Crippen LogP contribution in [0, 0.1) is 0 Å². The number of aryl methyl sites for hydroxylation is 1. The van der Waals surface area contributed by atoms with Crippen LogP contribution in [0.4, 0.5) is 5.69 Å². The molecular formula is C45H49N5O5. The second kappa shape index (κ2) is 15.7. The zero-order chi connectivity index (χ0) is 38.1. The first-order valence-electron chi connectivity index (χ1n) is 19.4. The number of ether oxygens (including phenoxy) is 2. The normalized spacial score (nSPS) is 18.2. The van der Waals surface area contributed by atoms with E-state index in [4.69, 9.17) is 9.47 Å². The number of pyridine rings is 1. The molecule has 10 heteroatoms. The smallest absolute Gasteiger partial charge is 0.258 e. The molecule has 3 aliphatic rings. The number of carbonyl (C=O) groups excluding carboxylic acids is 2. The van der Waals surface area contributed by atoms with Crippen LogP contribution >= 0.6 is 0 Å². The van der Waals surface area contributed by atoms with Gasteiger partial charge in [0, 0.05) is 62.5 Å². The number of nitrogens with one attached hydrogen (secondary N) is 2. The summed E-state index contributed by atoms with van der Waals surface area (Å²) in [7, 11) is 5.21. The number of piperidine rings is 2. The van der Waals surface area contributed by atoms with E-state index in [1.54, 1.807) is 25.8 Å². The summed E-state index contributed by atoms with van der Waals surface area (Å²) in [5.41, 5.74) is 9.45. The van der Waals surface area contributed by atoms with Crippen LogP contribution in [0.1, 0.15) is 59.4 Å². The number of fused-ring (bicyclic) bond motifs is 2. The van der Waals surface area contributed by atoms with Crippen molar-refractivity contribution in [1.82, 2.24) is 19.7 Å². The fourth-order valence-electron chi connectivity index (χ4n) is 8.74. The van der Waals surface area contributed by atoms with Crippen LogP contribution < -0.4 is 25.7 Å². The molecule has 4 aromatic carbocycles. The Labute approximate surface area is 322 Å². The summed E-state index contributed by atoms with van der Waals surface area (Å²) < 4.78 is 13.6. The van der Waals surface area contributed by atoms with Gasteiger partial charge in [0.25, 0.3) is 5.56 Å². The molecule has 1 unspecified atom stereocenters. The molecule has 3 aliphatic heterocycles. The molecule has 4 heterocycles. The maximum atomic E-state index is 12.9. The molecule has 1 aromatic heterocycles. The van der Waals surface area contributed by atoms with Crippen molar-refractivity contribution in [2.24, 2.45) is 7.05 Å². The Hall–Kier alpha value is -5.45. The Kier molecular flexibility index (Phi) is 10.4. The maximum absolute atomic E-state index is 12.9. The summed E-state index contributed by atoms with van der Waals surface area (Å²) in [4.78, 5) is 41.6. The molecule has 1 atom stereocenters. The minimum Gasteiger partial charge on any atom is -0.496 e. The van der Waals surface area contributed by atoms with E-state index in [2.05, 4.69) is 75.0 Å². The summed E-state index contributed by atoms with van der Waals surface area (Å²) in [5, 5.41) is 7.30. The van der Waals surface area contributed by atoms with E-state index in [0.29, 0.717) is 30.7 Å². The summed E-state index contributed by atoms with van der Waals surface area (Å²) in [6.07, 6.45) is 6.00. The van der Waals surface area contributed by atoms with Gasteiger partial charge in [-0.3, -0.25) is 29.5 Å². The topological polar surface area (TPSA) is 105 Å². The minimum absolute atomic E-state index is 0.0183. The van der Waals surface area contributed by atoms with Crippen molar-refractivity contribution in [2.75, 3.05) is 39.2 Å². The van der Waals surface area contributed by atoms with E-state index in [1.165, 1.54) is 22.3 Å². The number of aromatic nitrogens is 1. The van der Waals surface area contributed by atoms with Crippen molar-refractivity contribution >= 4 is 28.3 Å². The second-order valence-corrected chi connectivity index (χ2v) is 15.2. The quantitative estimate of drug-likeness (QED) is 0.159. The third-order valence-corrected chi connectivity index (χ3v) is 11.8. The number of hydrogen-bond donors (Lipinski definition) is 2. The van der Waals surface area contributed by atoms with Crippen LogP contribution in [0.2, 0.25) is 0 Å². The highest BCUT2D eigenvalue weighted by molar-refractivity contribution is 6.01. The lowest BCUT2D eigenvalue weighted by atomic mass is 9.88. The third kappa shape index (κ3) is 7.61. The summed E-state index contributed by atoms with van der Waals surface area (Å²) >= 11 is 0. The van der Waals surface area contributed by atoms with Crippen LogP contribution in [0.25, 0.3) is 21.9 Å². The highest BCUT2D eigenvalue weighted by Crippen LogP contribution is 2.39. The molecule has 2 N–H and O–H groups in total. The largest absolute Gasteiger partial charge is 0.496 e. The number of hydrogen-bond acceptors (Lipinski definition) is 8. The van der Waals surface area contributed by atoms with Crippen LogP contribution in [0.5, 0.6) is 11.5 Å². The van der Waals surface area contributed by atoms with Gasteiger partial charge in [-0.1, -0.05) is 48.5 Å². The molecule has 0 saturated carbocycles. The van der Waals surface area contributed by atoms with Gasteiger partial charge in [0.05, 0.1) is 19.8 Å². The average Bonchev–Trinajstić information content (AvgIpc) is 3.21. The van der Waals surface area contributed by atoms with Gasteiger partial charge in [0.2, 0.25) is 11.8 Å². The molecule has 2 fully saturated rings. The molecule has 0 bridgehead atoms. The van der Waals surface area contributed by atoms with E-state index in [9.17, 15) is 14.4 Å². The molecule has 284 valence electrons. The maximum Gasteiger partial charge on any atom is 0.258 e. The Balaban J connectivity index is 0.907. The first-order chi connectivity index (χ1) is 26.8. The predicted octanol–water partition coefficient (Wildman–Crippen LogP) is 6.38. The Morgan fingerprint density at radius 3 is 2.22 bits per heavy atom. The Morgan fingerprint density at radius 1 is 0.782 bits per heavy atom. The number of rotatable bonds is 10. The Bertz CT molecular complexity index is 2270. The van der Waals surface area contributed by atoms with Gasteiger partial charge < -0.3 is 19.4 Å². The van der Waals surface area contributed by atoms with E-state index < -0.39 is 0 Å². The number of imide groups is 1. The summed E-state index contributed by atoms with van der Waals surface area (Å²) in [5.74, 6) is 1.62. The third-order valence-electron chi connectivity index (χ3n) is 11.8. The molecule has 55 heavy (non-hydrogen) atoms. The van der Waals surface area contributed by atoms with Crippen molar-refractivity contribution in [3.05, 3.63) is 123 Å². The molecule has 8 rings (SSSR count). The number of likely N-dealkylation sites (tertiary alicyclic amines) is 1. The lowest BCUT2D eigenvalue weighted by Crippen LogP contribution is -2.47. The van der Waals surface area contributed by atoms with Crippen LogP contribution in [0.15, 0.2) is 89.9 Å².